The molecule has 4 heteroatoms. The first-order valence-corrected chi connectivity index (χ1v) is 7.84. The Kier molecular flexibility index (Phi) is 5.26. The van der Waals surface area contributed by atoms with Gasteiger partial charge in [0, 0.05) is 30.9 Å². The Balaban J connectivity index is 0.000000220. The molecule has 0 spiro atoms. The maximum Gasteiger partial charge on any atom is 0.0680 e. The molecular formula is C18H32N4. The average Bonchev–Trinajstić information content (AvgIpc) is 2.84. The van der Waals surface area contributed by atoms with Crippen molar-refractivity contribution in [3.63, 3.8) is 0 Å². The number of rotatable bonds is 0. The number of nitrogens with zero attached hydrogens (tertiary/aromatic N) is 4. The van der Waals surface area contributed by atoms with Crippen LogP contribution in [0.4, 0.5) is 0 Å². The number of aryl methyl sites for hydroxylation is 3. The maximum absolute atomic E-state index is 4.40. The first kappa shape index (κ1) is 18.5. The second-order valence-corrected chi connectivity index (χ2v) is 8.06. The van der Waals surface area contributed by atoms with Crippen LogP contribution in [0.5, 0.6) is 0 Å². The van der Waals surface area contributed by atoms with Gasteiger partial charge in [0.1, 0.15) is 0 Å². The summed E-state index contributed by atoms with van der Waals surface area (Å²) in [5.41, 5.74) is 5.37. The Morgan fingerprint density at radius 3 is 1.59 bits per heavy atom. The lowest BCUT2D eigenvalue weighted by Gasteiger charge is -2.17. The van der Waals surface area contributed by atoms with Crippen LogP contribution in [0.2, 0.25) is 0 Å². The molecule has 2 heterocycles. The normalized spacial score (nSPS) is 12.1. The minimum atomic E-state index is 0.173. The third-order valence-electron chi connectivity index (χ3n) is 3.93. The van der Waals surface area contributed by atoms with Gasteiger partial charge in [-0.25, -0.2) is 0 Å². The standard InChI is InChI=1S/2C9H16N2/c1-7-8(9(2,3)4)6-10-11(7)5;1-7-6-8(9(2,3)4)10-11(7)5/h2*6H,1-5H3. The van der Waals surface area contributed by atoms with Crippen molar-refractivity contribution in [1.29, 1.82) is 0 Å². The zero-order chi connectivity index (χ0) is 17.3. The van der Waals surface area contributed by atoms with Crippen molar-refractivity contribution in [2.45, 2.75) is 66.2 Å². The first-order valence-electron chi connectivity index (χ1n) is 7.84. The highest BCUT2D eigenvalue weighted by molar-refractivity contribution is 5.24. The fourth-order valence-electron chi connectivity index (χ4n) is 2.16. The number of hydrogen-bond donors (Lipinski definition) is 0. The van der Waals surface area contributed by atoms with Crippen molar-refractivity contribution >= 4 is 0 Å². The van der Waals surface area contributed by atoms with E-state index >= 15 is 0 Å². The van der Waals surface area contributed by atoms with Crippen LogP contribution in [-0.4, -0.2) is 19.6 Å². The van der Waals surface area contributed by atoms with Crippen molar-refractivity contribution in [2.24, 2.45) is 14.1 Å². The van der Waals surface area contributed by atoms with Crippen LogP contribution in [0.1, 0.15) is 64.2 Å². The molecule has 0 saturated carbocycles. The van der Waals surface area contributed by atoms with E-state index in [1.807, 2.05) is 29.7 Å². The summed E-state index contributed by atoms with van der Waals surface area (Å²) >= 11 is 0. The van der Waals surface area contributed by atoms with Crippen molar-refractivity contribution in [3.05, 3.63) is 34.9 Å². The van der Waals surface area contributed by atoms with Gasteiger partial charge in [-0.15, -0.1) is 0 Å². The third kappa shape index (κ3) is 4.46. The molecule has 0 amide bonds. The average molecular weight is 304 g/mol. The van der Waals surface area contributed by atoms with Crippen LogP contribution in [-0.2, 0) is 24.9 Å². The van der Waals surface area contributed by atoms with Gasteiger partial charge in [0.15, 0.2) is 0 Å². The lowest BCUT2D eigenvalue weighted by molar-refractivity contribution is 0.552. The van der Waals surface area contributed by atoms with Crippen LogP contribution in [0.15, 0.2) is 12.3 Å². The van der Waals surface area contributed by atoms with Crippen molar-refractivity contribution in [2.75, 3.05) is 0 Å². The zero-order valence-electron chi connectivity index (χ0n) is 15.9. The van der Waals surface area contributed by atoms with Gasteiger partial charge in [-0.05, 0) is 30.9 Å². The number of hydrogen-bond acceptors (Lipinski definition) is 2. The molecule has 0 bridgehead atoms. The van der Waals surface area contributed by atoms with E-state index in [4.69, 9.17) is 0 Å². The summed E-state index contributed by atoms with van der Waals surface area (Å²) in [5.74, 6) is 0. The summed E-state index contributed by atoms with van der Waals surface area (Å²) in [6.45, 7) is 17.3. The highest BCUT2D eigenvalue weighted by Gasteiger charge is 2.18. The van der Waals surface area contributed by atoms with E-state index in [1.54, 1.807) is 0 Å². The fraction of sp³-hybridized carbons (Fsp3) is 0.667. The molecule has 0 aliphatic rings. The summed E-state index contributed by atoms with van der Waals surface area (Å²) < 4.78 is 3.83. The molecule has 0 N–H and O–H groups in total. The van der Waals surface area contributed by atoms with Gasteiger partial charge in [0.25, 0.3) is 0 Å². The summed E-state index contributed by atoms with van der Waals surface area (Å²) in [5, 5.41) is 8.60. The van der Waals surface area contributed by atoms with Crippen LogP contribution in [0.25, 0.3) is 0 Å². The van der Waals surface area contributed by atoms with Crippen molar-refractivity contribution in [1.82, 2.24) is 19.6 Å². The summed E-state index contributed by atoms with van der Waals surface area (Å²) in [4.78, 5) is 0. The van der Waals surface area contributed by atoms with E-state index < -0.39 is 0 Å². The largest absolute Gasteiger partial charge is 0.273 e. The monoisotopic (exact) mass is 304 g/mol. The summed E-state index contributed by atoms with van der Waals surface area (Å²) in [6.07, 6.45) is 1.95. The van der Waals surface area contributed by atoms with Gasteiger partial charge in [-0.3, -0.25) is 9.36 Å². The van der Waals surface area contributed by atoms with Crippen LogP contribution >= 0.6 is 0 Å². The Morgan fingerprint density at radius 2 is 1.41 bits per heavy atom. The molecule has 2 aromatic heterocycles. The van der Waals surface area contributed by atoms with Gasteiger partial charge in [0.2, 0.25) is 0 Å². The predicted octanol–water partition coefficient (Wildman–Crippen LogP) is 4.05. The van der Waals surface area contributed by atoms with E-state index in [0.29, 0.717) is 0 Å². The van der Waals surface area contributed by atoms with Gasteiger partial charge in [0.05, 0.1) is 11.9 Å². The molecule has 0 radical (unpaired) electrons. The molecule has 0 aromatic carbocycles. The minimum Gasteiger partial charge on any atom is -0.273 e. The summed E-state index contributed by atoms with van der Waals surface area (Å²) in [7, 11) is 3.95. The molecule has 0 unspecified atom stereocenters. The fourth-order valence-corrected chi connectivity index (χ4v) is 2.16. The van der Waals surface area contributed by atoms with Gasteiger partial charge >= 0.3 is 0 Å². The second-order valence-electron chi connectivity index (χ2n) is 8.06. The van der Waals surface area contributed by atoms with E-state index in [1.165, 1.54) is 17.0 Å². The Morgan fingerprint density at radius 1 is 0.864 bits per heavy atom. The highest BCUT2D eigenvalue weighted by Crippen LogP contribution is 2.24. The van der Waals surface area contributed by atoms with Crippen LogP contribution in [0, 0.1) is 13.8 Å². The Hall–Kier alpha value is -1.58. The molecule has 124 valence electrons. The molecule has 0 aliphatic carbocycles. The molecule has 2 rings (SSSR count). The Labute approximate surface area is 135 Å². The van der Waals surface area contributed by atoms with E-state index in [0.717, 1.165) is 5.69 Å². The SMILES string of the molecule is Cc1c(C(C)(C)C)cnn1C.Cc1cc(C(C)(C)C)nn1C. The van der Waals surface area contributed by atoms with Gasteiger partial charge in [-0.1, -0.05) is 41.5 Å². The lowest BCUT2D eigenvalue weighted by atomic mass is 9.88. The third-order valence-corrected chi connectivity index (χ3v) is 3.93. The lowest BCUT2D eigenvalue weighted by Crippen LogP contribution is -2.12. The van der Waals surface area contributed by atoms with Crippen molar-refractivity contribution < 1.29 is 0 Å². The smallest absolute Gasteiger partial charge is 0.0680 e. The van der Waals surface area contributed by atoms with Crippen LogP contribution in [0.3, 0.4) is 0 Å². The highest BCUT2D eigenvalue weighted by atomic mass is 15.3. The summed E-state index contributed by atoms with van der Waals surface area (Å²) in [6, 6.07) is 2.14. The molecule has 0 saturated heterocycles. The van der Waals surface area contributed by atoms with E-state index in [-0.39, 0.29) is 10.8 Å². The number of aromatic nitrogens is 4. The molecule has 22 heavy (non-hydrogen) atoms. The van der Waals surface area contributed by atoms with E-state index in [2.05, 4.69) is 71.7 Å². The van der Waals surface area contributed by atoms with Crippen molar-refractivity contribution in [3.8, 4) is 0 Å². The molecular weight excluding hydrogens is 272 g/mol. The molecule has 0 atom stereocenters. The molecule has 2 aromatic rings. The first-order chi connectivity index (χ1) is 9.84. The van der Waals surface area contributed by atoms with Gasteiger partial charge < -0.3 is 0 Å². The predicted molar refractivity (Wildman–Crippen MR) is 93.3 cm³/mol. The topological polar surface area (TPSA) is 35.6 Å². The molecule has 0 fully saturated rings. The zero-order valence-corrected chi connectivity index (χ0v) is 15.9. The second kappa shape index (κ2) is 6.27. The molecule has 0 aliphatic heterocycles. The quantitative estimate of drug-likeness (QED) is 0.736. The van der Waals surface area contributed by atoms with E-state index in [9.17, 15) is 0 Å². The molecule has 4 nitrogen and oxygen atoms in total. The van der Waals surface area contributed by atoms with Crippen LogP contribution < -0.4 is 0 Å². The van der Waals surface area contributed by atoms with Gasteiger partial charge in [-0.2, -0.15) is 10.2 Å². The Bertz CT molecular complexity index is 599. The maximum atomic E-state index is 4.40. The minimum absolute atomic E-state index is 0.173.